The third kappa shape index (κ3) is 1.95. The van der Waals surface area contributed by atoms with Gasteiger partial charge in [-0.2, -0.15) is 0 Å². The zero-order valence-corrected chi connectivity index (χ0v) is 7.45. The molecular weight excluding hydrogens is 200 g/mol. The minimum atomic E-state index is -1.09. The molecule has 0 aliphatic heterocycles. The maximum atomic E-state index is 12.6. The van der Waals surface area contributed by atoms with E-state index < -0.39 is 17.5 Å². The molecule has 1 amide bonds. The molecule has 0 aromatic heterocycles. The lowest BCUT2D eigenvalue weighted by atomic mass is 10.2. The van der Waals surface area contributed by atoms with E-state index in [1.54, 1.807) is 0 Å². The maximum absolute atomic E-state index is 12.6. The average Bonchev–Trinajstić information content (AvgIpc) is 2.10. The topological polar surface area (TPSA) is 29.1 Å². The summed E-state index contributed by atoms with van der Waals surface area (Å²) in [6, 6.07) is 1.53. The largest absolute Gasteiger partial charge is 0.355 e. The second-order valence-electron chi connectivity index (χ2n) is 2.33. The number of benzene rings is 1. The molecular formula is C8H6ClF2NO. The third-order valence-electron chi connectivity index (χ3n) is 1.48. The van der Waals surface area contributed by atoms with E-state index in [1.165, 1.54) is 7.05 Å². The van der Waals surface area contributed by atoms with Crippen LogP contribution in [0.2, 0.25) is 5.02 Å². The van der Waals surface area contributed by atoms with Crippen molar-refractivity contribution in [2.45, 2.75) is 0 Å². The minimum Gasteiger partial charge on any atom is -0.355 e. The molecule has 1 aromatic rings. The monoisotopic (exact) mass is 205 g/mol. The average molecular weight is 206 g/mol. The normalized spacial score (nSPS) is 9.85. The minimum absolute atomic E-state index is 0.0805. The molecule has 0 saturated heterocycles. The smallest absolute Gasteiger partial charge is 0.252 e. The van der Waals surface area contributed by atoms with Gasteiger partial charge in [0.15, 0.2) is 11.6 Å². The van der Waals surface area contributed by atoms with Gasteiger partial charge in [-0.15, -0.1) is 0 Å². The van der Waals surface area contributed by atoms with E-state index in [1.807, 2.05) is 0 Å². The Kier molecular flexibility index (Phi) is 2.83. The predicted octanol–water partition coefficient (Wildman–Crippen LogP) is 1.98. The zero-order valence-electron chi connectivity index (χ0n) is 6.70. The molecule has 0 unspecified atom stereocenters. The lowest BCUT2D eigenvalue weighted by Crippen LogP contribution is -2.18. The molecule has 70 valence electrons. The van der Waals surface area contributed by atoms with Gasteiger partial charge in [0, 0.05) is 7.05 Å². The van der Waals surface area contributed by atoms with Gasteiger partial charge in [-0.1, -0.05) is 11.6 Å². The molecule has 13 heavy (non-hydrogen) atoms. The molecule has 0 aliphatic rings. The summed E-state index contributed by atoms with van der Waals surface area (Å²) in [5, 5.41) is 2.14. The molecule has 1 aromatic carbocycles. The van der Waals surface area contributed by atoms with Crippen molar-refractivity contribution in [1.29, 1.82) is 0 Å². The Morgan fingerprint density at radius 3 is 2.46 bits per heavy atom. The predicted molar refractivity (Wildman–Crippen MR) is 44.8 cm³/mol. The number of nitrogens with one attached hydrogen (secondary N) is 1. The molecule has 0 atom stereocenters. The molecule has 2 nitrogen and oxygen atoms in total. The summed E-state index contributed by atoms with van der Waals surface area (Å²) in [4.78, 5) is 11.0. The lowest BCUT2D eigenvalue weighted by molar-refractivity contribution is 0.0962. The Morgan fingerprint density at radius 2 is 1.92 bits per heavy atom. The van der Waals surface area contributed by atoms with E-state index in [9.17, 15) is 13.6 Å². The second kappa shape index (κ2) is 3.70. The highest BCUT2D eigenvalue weighted by Crippen LogP contribution is 2.19. The first kappa shape index (κ1) is 9.92. The van der Waals surface area contributed by atoms with Crippen LogP contribution in [-0.2, 0) is 0 Å². The van der Waals surface area contributed by atoms with E-state index >= 15 is 0 Å². The first-order valence-electron chi connectivity index (χ1n) is 3.43. The van der Waals surface area contributed by atoms with Gasteiger partial charge in [0.1, 0.15) is 0 Å². The number of rotatable bonds is 1. The highest BCUT2D eigenvalue weighted by atomic mass is 35.5. The summed E-state index contributed by atoms with van der Waals surface area (Å²) >= 11 is 5.51. The van der Waals surface area contributed by atoms with Crippen molar-refractivity contribution < 1.29 is 13.6 Å². The lowest BCUT2D eigenvalue weighted by Gasteiger charge is -2.02. The van der Waals surface area contributed by atoms with Gasteiger partial charge in [0.05, 0.1) is 10.6 Å². The van der Waals surface area contributed by atoms with E-state index in [0.717, 1.165) is 12.1 Å². The summed E-state index contributed by atoms with van der Waals surface area (Å²) in [6.07, 6.45) is 0. The molecule has 0 fully saturated rings. The van der Waals surface area contributed by atoms with E-state index in [0.29, 0.717) is 0 Å². The molecule has 1 N–H and O–H groups in total. The molecule has 0 bridgehead atoms. The fourth-order valence-electron chi connectivity index (χ4n) is 0.831. The summed E-state index contributed by atoms with van der Waals surface area (Å²) in [7, 11) is 1.37. The van der Waals surface area contributed by atoms with Gasteiger partial charge in [-0.25, -0.2) is 8.78 Å². The van der Waals surface area contributed by atoms with Crippen LogP contribution in [0, 0.1) is 11.6 Å². The van der Waals surface area contributed by atoms with Crippen LogP contribution in [0.4, 0.5) is 8.78 Å². The van der Waals surface area contributed by atoms with E-state index in [-0.39, 0.29) is 10.6 Å². The van der Waals surface area contributed by atoms with E-state index in [2.05, 4.69) is 5.32 Å². The quantitative estimate of drug-likeness (QED) is 0.698. The molecule has 0 heterocycles. The van der Waals surface area contributed by atoms with Gasteiger partial charge in [-0.05, 0) is 12.1 Å². The number of carbonyl (C=O) groups excluding carboxylic acids is 1. The van der Waals surface area contributed by atoms with Crippen molar-refractivity contribution in [3.63, 3.8) is 0 Å². The number of hydrogen-bond donors (Lipinski definition) is 1. The highest BCUT2D eigenvalue weighted by molar-refractivity contribution is 6.33. The molecule has 1 rings (SSSR count). The molecule has 0 aliphatic carbocycles. The Hall–Kier alpha value is -1.16. The Morgan fingerprint density at radius 1 is 1.38 bits per heavy atom. The Labute approximate surface area is 78.5 Å². The number of hydrogen-bond acceptors (Lipinski definition) is 1. The van der Waals surface area contributed by atoms with Crippen molar-refractivity contribution in [2.75, 3.05) is 7.05 Å². The summed E-state index contributed by atoms with van der Waals surface area (Å²) < 4.78 is 25.2. The zero-order chi connectivity index (χ0) is 10.0. The molecule has 0 saturated carbocycles. The van der Waals surface area contributed by atoms with Gasteiger partial charge in [0.25, 0.3) is 5.91 Å². The van der Waals surface area contributed by atoms with Gasteiger partial charge in [0.2, 0.25) is 0 Å². The summed E-state index contributed by atoms with van der Waals surface area (Å²) in [5.74, 6) is -2.72. The van der Waals surface area contributed by atoms with Gasteiger partial charge >= 0.3 is 0 Å². The van der Waals surface area contributed by atoms with Crippen LogP contribution in [0.5, 0.6) is 0 Å². The van der Waals surface area contributed by atoms with Crippen molar-refractivity contribution in [2.24, 2.45) is 0 Å². The third-order valence-corrected chi connectivity index (χ3v) is 1.79. The second-order valence-corrected chi connectivity index (χ2v) is 2.73. The van der Waals surface area contributed by atoms with Crippen molar-refractivity contribution in [3.05, 3.63) is 34.4 Å². The van der Waals surface area contributed by atoms with Crippen molar-refractivity contribution in [3.8, 4) is 0 Å². The number of amides is 1. The number of halogens is 3. The van der Waals surface area contributed by atoms with Gasteiger partial charge in [-0.3, -0.25) is 4.79 Å². The molecule has 5 heteroatoms. The van der Waals surface area contributed by atoms with E-state index in [4.69, 9.17) is 11.6 Å². The number of carbonyl (C=O) groups is 1. The Balaban J connectivity index is 3.23. The van der Waals surface area contributed by atoms with Crippen LogP contribution in [0.15, 0.2) is 12.1 Å². The summed E-state index contributed by atoms with van der Waals surface area (Å²) in [6.45, 7) is 0. The van der Waals surface area contributed by atoms with Crippen LogP contribution in [0.1, 0.15) is 10.4 Å². The van der Waals surface area contributed by atoms with Crippen LogP contribution < -0.4 is 5.32 Å². The van der Waals surface area contributed by atoms with Crippen molar-refractivity contribution >= 4 is 17.5 Å². The van der Waals surface area contributed by atoms with Gasteiger partial charge < -0.3 is 5.32 Å². The highest BCUT2D eigenvalue weighted by Gasteiger charge is 2.13. The first-order chi connectivity index (χ1) is 6.06. The molecule has 0 spiro atoms. The fraction of sp³-hybridized carbons (Fsp3) is 0.125. The fourth-order valence-corrected chi connectivity index (χ4v) is 1.07. The Bertz CT molecular complexity index is 354. The maximum Gasteiger partial charge on any atom is 0.252 e. The van der Waals surface area contributed by atoms with Crippen LogP contribution >= 0.6 is 11.6 Å². The van der Waals surface area contributed by atoms with Crippen LogP contribution in [0.25, 0.3) is 0 Å². The standard InChI is InChI=1S/C8H6ClF2NO/c1-12-8(13)4-2-6(10)7(11)3-5(4)9/h2-3H,1H3,(H,12,13). The molecule has 0 radical (unpaired) electrons. The first-order valence-corrected chi connectivity index (χ1v) is 3.80. The van der Waals surface area contributed by atoms with Crippen LogP contribution in [0.3, 0.4) is 0 Å². The van der Waals surface area contributed by atoms with Crippen LogP contribution in [-0.4, -0.2) is 13.0 Å². The SMILES string of the molecule is CNC(=O)c1cc(F)c(F)cc1Cl. The summed E-state index contributed by atoms with van der Waals surface area (Å²) in [5.41, 5.74) is -0.0805. The van der Waals surface area contributed by atoms with Crippen molar-refractivity contribution in [1.82, 2.24) is 5.32 Å².